The molecule has 1 aromatic heterocycles. The van der Waals surface area contributed by atoms with E-state index in [1.807, 2.05) is 26.0 Å². The second-order valence-corrected chi connectivity index (χ2v) is 4.60. The fourth-order valence-electron chi connectivity index (χ4n) is 1.59. The SMILES string of the molecule is Cc1ccc(Br)c(-c2cc(C(=O)O)on2)c1C. The van der Waals surface area contributed by atoms with Gasteiger partial charge in [-0.05, 0) is 31.0 Å². The smallest absolute Gasteiger partial charge is 0.374 e. The van der Waals surface area contributed by atoms with E-state index in [2.05, 4.69) is 21.1 Å². The molecule has 0 saturated carbocycles. The molecular formula is C12H10BrNO3. The molecule has 88 valence electrons. The lowest BCUT2D eigenvalue weighted by Gasteiger charge is -2.07. The monoisotopic (exact) mass is 295 g/mol. The molecule has 2 rings (SSSR count). The molecule has 17 heavy (non-hydrogen) atoms. The van der Waals surface area contributed by atoms with Crippen LogP contribution >= 0.6 is 15.9 Å². The number of hydrogen-bond donors (Lipinski definition) is 1. The fraction of sp³-hybridized carbons (Fsp3) is 0.167. The van der Waals surface area contributed by atoms with Crippen LogP contribution < -0.4 is 0 Å². The number of rotatable bonds is 2. The van der Waals surface area contributed by atoms with E-state index in [4.69, 9.17) is 9.63 Å². The highest BCUT2D eigenvalue weighted by Gasteiger charge is 2.16. The van der Waals surface area contributed by atoms with Crippen LogP contribution in [0.5, 0.6) is 0 Å². The maximum absolute atomic E-state index is 10.7. The molecule has 0 aliphatic rings. The van der Waals surface area contributed by atoms with Crippen LogP contribution in [0.3, 0.4) is 0 Å². The van der Waals surface area contributed by atoms with E-state index in [9.17, 15) is 4.79 Å². The van der Waals surface area contributed by atoms with Crippen molar-refractivity contribution in [3.05, 3.63) is 39.6 Å². The van der Waals surface area contributed by atoms with Gasteiger partial charge in [-0.3, -0.25) is 0 Å². The summed E-state index contributed by atoms with van der Waals surface area (Å²) in [4.78, 5) is 10.7. The van der Waals surface area contributed by atoms with Crippen LogP contribution in [0.25, 0.3) is 11.3 Å². The average molecular weight is 296 g/mol. The second kappa shape index (κ2) is 4.33. The summed E-state index contributed by atoms with van der Waals surface area (Å²) in [5.74, 6) is -1.28. The number of carbonyl (C=O) groups is 1. The van der Waals surface area contributed by atoms with Crippen LogP contribution in [-0.2, 0) is 0 Å². The molecule has 0 atom stereocenters. The van der Waals surface area contributed by atoms with Crippen LogP contribution in [-0.4, -0.2) is 16.2 Å². The first-order valence-corrected chi connectivity index (χ1v) is 5.76. The van der Waals surface area contributed by atoms with Crippen molar-refractivity contribution in [2.24, 2.45) is 0 Å². The molecular weight excluding hydrogens is 286 g/mol. The van der Waals surface area contributed by atoms with Crippen LogP contribution in [0.15, 0.2) is 27.2 Å². The molecule has 0 saturated heterocycles. The number of aromatic nitrogens is 1. The minimum absolute atomic E-state index is 0.159. The van der Waals surface area contributed by atoms with Crippen molar-refractivity contribution < 1.29 is 14.4 Å². The van der Waals surface area contributed by atoms with E-state index in [0.717, 1.165) is 21.2 Å². The summed E-state index contributed by atoms with van der Waals surface area (Å²) in [5.41, 5.74) is 3.55. The van der Waals surface area contributed by atoms with Crippen molar-refractivity contribution in [3.8, 4) is 11.3 Å². The highest BCUT2D eigenvalue weighted by Crippen LogP contribution is 2.32. The molecule has 5 heteroatoms. The summed E-state index contributed by atoms with van der Waals surface area (Å²) in [6.07, 6.45) is 0. The lowest BCUT2D eigenvalue weighted by atomic mass is 10.0. The Kier molecular flexibility index (Phi) is 3.02. The van der Waals surface area contributed by atoms with Crippen LogP contribution in [0.4, 0.5) is 0 Å². The molecule has 0 bridgehead atoms. The van der Waals surface area contributed by atoms with Gasteiger partial charge in [0, 0.05) is 16.1 Å². The van der Waals surface area contributed by atoms with Gasteiger partial charge in [-0.15, -0.1) is 0 Å². The van der Waals surface area contributed by atoms with E-state index in [0.29, 0.717) is 5.69 Å². The summed E-state index contributed by atoms with van der Waals surface area (Å²) in [6, 6.07) is 5.32. The average Bonchev–Trinajstić information content (AvgIpc) is 2.73. The summed E-state index contributed by atoms with van der Waals surface area (Å²) in [5, 5.41) is 12.6. The van der Waals surface area contributed by atoms with Gasteiger partial charge >= 0.3 is 5.97 Å². The number of carboxylic acids is 1. The van der Waals surface area contributed by atoms with Crippen molar-refractivity contribution in [3.63, 3.8) is 0 Å². The van der Waals surface area contributed by atoms with Crippen LogP contribution in [0, 0.1) is 13.8 Å². The zero-order chi connectivity index (χ0) is 12.6. The highest BCUT2D eigenvalue weighted by atomic mass is 79.9. The largest absolute Gasteiger partial charge is 0.475 e. The molecule has 0 fully saturated rings. The van der Waals surface area contributed by atoms with Gasteiger partial charge in [0.05, 0.1) is 0 Å². The molecule has 0 radical (unpaired) electrons. The first-order valence-electron chi connectivity index (χ1n) is 4.97. The molecule has 1 aromatic carbocycles. The van der Waals surface area contributed by atoms with Gasteiger partial charge in [-0.2, -0.15) is 0 Å². The van der Waals surface area contributed by atoms with Crippen LogP contribution in [0.2, 0.25) is 0 Å². The Morgan fingerprint density at radius 1 is 1.41 bits per heavy atom. The maximum Gasteiger partial charge on any atom is 0.374 e. The molecule has 2 aromatic rings. The standard InChI is InChI=1S/C12H10BrNO3/c1-6-3-4-8(13)11(7(6)2)9-5-10(12(15)16)17-14-9/h3-5H,1-2H3,(H,15,16). The first-order chi connectivity index (χ1) is 8.00. The lowest BCUT2D eigenvalue weighted by molar-refractivity contribution is 0.0652. The summed E-state index contributed by atoms with van der Waals surface area (Å²) < 4.78 is 5.63. The van der Waals surface area contributed by atoms with Crippen molar-refractivity contribution in [2.75, 3.05) is 0 Å². The zero-order valence-electron chi connectivity index (χ0n) is 9.32. The quantitative estimate of drug-likeness (QED) is 0.922. The summed E-state index contributed by atoms with van der Waals surface area (Å²) in [6.45, 7) is 3.95. The minimum Gasteiger partial charge on any atom is -0.475 e. The maximum atomic E-state index is 10.7. The predicted molar refractivity (Wildman–Crippen MR) is 66.1 cm³/mol. The van der Waals surface area contributed by atoms with E-state index < -0.39 is 5.97 Å². The number of benzene rings is 1. The van der Waals surface area contributed by atoms with Gasteiger partial charge in [0.2, 0.25) is 5.76 Å². The number of hydrogen-bond acceptors (Lipinski definition) is 3. The predicted octanol–water partition coefficient (Wildman–Crippen LogP) is 3.42. The third kappa shape index (κ3) is 2.10. The molecule has 0 aliphatic carbocycles. The molecule has 0 spiro atoms. The van der Waals surface area contributed by atoms with Gasteiger partial charge < -0.3 is 9.63 Å². The second-order valence-electron chi connectivity index (χ2n) is 3.75. The topological polar surface area (TPSA) is 63.3 Å². The number of nitrogens with zero attached hydrogens (tertiary/aromatic N) is 1. The van der Waals surface area contributed by atoms with E-state index in [1.165, 1.54) is 6.07 Å². The van der Waals surface area contributed by atoms with Crippen molar-refractivity contribution in [2.45, 2.75) is 13.8 Å². The van der Waals surface area contributed by atoms with E-state index in [1.54, 1.807) is 0 Å². The lowest BCUT2D eigenvalue weighted by Crippen LogP contribution is -1.92. The molecule has 0 aliphatic heterocycles. The minimum atomic E-state index is -1.12. The van der Waals surface area contributed by atoms with Gasteiger partial charge in [0.25, 0.3) is 0 Å². The Morgan fingerprint density at radius 3 is 2.71 bits per heavy atom. The molecule has 0 unspecified atom stereocenters. The third-order valence-corrected chi connectivity index (χ3v) is 3.32. The number of aromatic carboxylic acids is 1. The first kappa shape index (κ1) is 11.9. The fourth-order valence-corrected chi connectivity index (χ4v) is 2.22. The third-order valence-electron chi connectivity index (χ3n) is 2.66. The van der Waals surface area contributed by atoms with Crippen molar-refractivity contribution >= 4 is 21.9 Å². The van der Waals surface area contributed by atoms with E-state index in [-0.39, 0.29) is 5.76 Å². The molecule has 1 heterocycles. The summed E-state index contributed by atoms with van der Waals surface area (Å²) >= 11 is 3.44. The molecule has 4 nitrogen and oxygen atoms in total. The zero-order valence-corrected chi connectivity index (χ0v) is 10.9. The Balaban J connectivity index is 2.60. The Bertz CT molecular complexity index is 589. The van der Waals surface area contributed by atoms with Gasteiger partial charge in [-0.1, -0.05) is 27.2 Å². The molecule has 1 N–H and O–H groups in total. The van der Waals surface area contributed by atoms with Gasteiger partial charge in [-0.25, -0.2) is 4.79 Å². The number of halogens is 1. The van der Waals surface area contributed by atoms with Gasteiger partial charge in [0.15, 0.2) is 0 Å². The summed E-state index contributed by atoms with van der Waals surface area (Å²) in [7, 11) is 0. The number of aryl methyl sites for hydroxylation is 1. The normalized spacial score (nSPS) is 10.5. The Morgan fingerprint density at radius 2 is 2.12 bits per heavy atom. The Hall–Kier alpha value is -1.62. The highest BCUT2D eigenvalue weighted by molar-refractivity contribution is 9.10. The molecule has 0 amide bonds. The van der Waals surface area contributed by atoms with Gasteiger partial charge in [0.1, 0.15) is 5.69 Å². The Labute approximate surface area is 106 Å². The van der Waals surface area contributed by atoms with Crippen molar-refractivity contribution in [1.29, 1.82) is 0 Å². The number of carboxylic acid groups (broad SMARTS) is 1. The van der Waals surface area contributed by atoms with E-state index >= 15 is 0 Å². The van der Waals surface area contributed by atoms with Crippen molar-refractivity contribution in [1.82, 2.24) is 5.16 Å². The van der Waals surface area contributed by atoms with Crippen LogP contribution in [0.1, 0.15) is 21.7 Å².